The Hall–Kier alpha value is -0.380. The van der Waals surface area contributed by atoms with E-state index in [4.69, 9.17) is 11.6 Å². The van der Waals surface area contributed by atoms with Crippen LogP contribution in [0.2, 0.25) is 5.02 Å². The lowest BCUT2D eigenvalue weighted by Gasteiger charge is -2.10. The summed E-state index contributed by atoms with van der Waals surface area (Å²) in [6, 6.07) is 8.22. The average molecular weight is 231 g/mol. The molecule has 0 radical (unpaired) electrons. The van der Waals surface area contributed by atoms with E-state index in [0.717, 1.165) is 16.5 Å². The van der Waals surface area contributed by atoms with Gasteiger partial charge in [0.25, 0.3) is 0 Å². The summed E-state index contributed by atoms with van der Waals surface area (Å²) >= 11 is 7.46. The van der Waals surface area contributed by atoms with Gasteiger partial charge >= 0.3 is 0 Å². The van der Waals surface area contributed by atoms with Gasteiger partial charge < -0.3 is 10.0 Å². The Kier molecular flexibility index (Phi) is 5.15. The number of benzene rings is 1. The van der Waals surface area contributed by atoms with Crippen molar-refractivity contribution in [3.05, 3.63) is 29.3 Å². The Morgan fingerprint density at radius 3 is 2.57 bits per heavy atom. The smallest absolute Gasteiger partial charge is 0.0441 e. The van der Waals surface area contributed by atoms with Gasteiger partial charge in [0, 0.05) is 22.5 Å². The van der Waals surface area contributed by atoms with Gasteiger partial charge in [0.2, 0.25) is 0 Å². The number of hydrogen-bond acceptors (Lipinski definition) is 3. The molecule has 78 valence electrons. The zero-order valence-corrected chi connectivity index (χ0v) is 9.95. The van der Waals surface area contributed by atoms with E-state index in [9.17, 15) is 0 Å². The zero-order chi connectivity index (χ0) is 10.4. The molecule has 1 aromatic rings. The molecule has 0 saturated heterocycles. The average Bonchev–Trinajstić information content (AvgIpc) is 2.21. The molecule has 0 amide bonds. The highest BCUT2D eigenvalue weighted by molar-refractivity contribution is 8.00. The fraction of sp³-hybridized carbons (Fsp3) is 0.400. The van der Waals surface area contributed by atoms with E-state index in [1.165, 1.54) is 0 Å². The van der Waals surface area contributed by atoms with Gasteiger partial charge in [-0.1, -0.05) is 23.5 Å². The molecule has 0 aliphatic rings. The third-order valence-electron chi connectivity index (χ3n) is 1.86. The van der Waals surface area contributed by atoms with E-state index < -0.39 is 0 Å². The first kappa shape index (κ1) is 11.7. The van der Waals surface area contributed by atoms with Crippen molar-refractivity contribution in [3.63, 3.8) is 0 Å². The number of halogens is 1. The van der Waals surface area contributed by atoms with Crippen LogP contribution >= 0.6 is 23.5 Å². The second-order valence-electron chi connectivity index (χ2n) is 3.11. The summed E-state index contributed by atoms with van der Waals surface area (Å²) in [4.78, 5) is 0. The predicted molar refractivity (Wildman–Crippen MR) is 66.1 cm³/mol. The van der Waals surface area contributed by atoms with Crippen LogP contribution in [0.25, 0.3) is 0 Å². The van der Waals surface area contributed by atoms with Crippen molar-refractivity contribution < 1.29 is 0 Å². The van der Waals surface area contributed by atoms with Gasteiger partial charge in [-0.25, -0.2) is 0 Å². The van der Waals surface area contributed by atoms with Gasteiger partial charge in [-0.15, -0.1) is 0 Å². The molecule has 2 nitrogen and oxygen atoms in total. The summed E-state index contributed by atoms with van der Waals surface area (Å²) in [6.45, 7) is 2.15. The maximum atomic E-state index is 5.77. The summed E-state index contributed by atoms with van der Waals surface area (Å²) in [5, 5.41) is 3.95. The summed E-state index contributed by atoms with van der Waals surface area (Å²) < 4.78 is 3.26. The van der Waals surface area contributed by atoms with Crippen LogP contribution in [0.15, 0.2) is 24.3 Å². The van der Waals surface area contributed by atoms with Crippen LogP contribution in [0, 0.1) is 0 Å². The normalized spacial score (nSPS) is 12.5. The molecule has 1 rings (SSSR count). The Morgan fingerprint density at radius 2 is 2.00 bits per heavy atom. The van der Waals surface area contributed by atoms with Crippen LogP contribution < -0.4 is 10.0 Å². The lowest BCUT2D eigenvalue weighted by atomic mass is 10.3. The first-order chi connectivity index (χ1) is 6.72. The minimum absolute atomic E-state index is 0.514. The van der Waals surface area contributed by atoms with Crippen molar-refractivity contribution in [1.82, 2.24) is 5.32 Å². The highest BCUT2D eigenvalue weighted by Gasteiger charge is 1.97. The highest BCUT2D eigenvalue weighted by atomic mass is 35.5. The molecule has 14 heavy (non-hydrogen) atoms. The molecule has 4 heteroatoms. The maximum absolute atomic E-state index is 5.77. The standard InChI is InChI=1S/C10H15ClN2S/c1-8(12-2)7-14-13-10-5-3-9(11)4-6-10/h3-6,8,12-13H,7H2,1-2H3/t8-/m0/s1. The molecule has 0 unspecified atom stereocenters. The molecular formula is C10H15ClN2S. The molecule has 0 heterocycles. The number of hydrogen-bond donors (Lipinski definition) is 2. The van der Waals surface area contributed by atoms with E-state index in [0.29, 0.717) is 6.04 Å². The Bertz CT molecular complexity index is 263. The topological polar surface area (TPSA) is 24.1 Å². The van der Waals surface area contributed by atoms with Gasteiger partial charge in [0.15, 0.2) is 0 Å². The van der Waals surface area contributed by atoms with Gasteiger partial charge in [0.1, 0.15) is 0 Å². The minimum atomic E-state index is 0.514. The molecule has 0 fully saturated rings. The van der Waals surface area contributed by atoms with E-state index in [1.54, 1.807) is 11.9 Å². The Balaban J connectivity index is 2.28. The van der Waals surface area contributed by atoms with Crippen molar-refractivity contribution >= 4 is 29.2 Å². The summed E-state index contributed by atoms with van der Waals surface area (Å²) in [5.74, 6) is 1.03. The van der Waals surface area contributed by atoms with E-state index in [2.05, 4.69) is 17.0 Å². The molecule has 0 aliphatic heterocycles. The molecule has 0 aromatic heterocycles. The van der Waals surface area contributed by atoms with Gasteiger partial charge in [-0.3, -0.25) is 0 Å². The monoisotopic (exact) mass is 230 g/mol. The highest BCUT2D eigenvalue weighted by Crippen LogP contribution is 2.16. The minimum Gasteiger partial charge on any atom is -0.330 e. The number of anilines is 1. The third kappa shape index (κ3) is 4.22. The summed E-state index contributed by atoms with van der Waals surface area (Å²) in [6.07, 6.45) is 0. The van der Waals surface area contributed by atoms with Crippen molar-refractivity contribution in [1.29, 1.82) is 0 Å². The van der Waals surface area contributed by atoms with Crippen molar-refractivity contribution in [2.75, 3.05) is 17.5 Å². The molecule has 1 atom stereocenters. The fourth-order valence-corrected chi connectivity index (χ4v) is 1.78. The van der Waals surface area contributed by atoms with Crippen LogP contribution in [0.3, 0.4) is 0 Å². The van der Waals surface area contributed by atoms with Crippen LogP contribution in [-0.4, -0.2) is 18.8 Å². The molecule has 1 aromatic carbocycles. The van der Waals surface area contributed by atoms with Gasteiger partial charge in [-0.05, 0) is 38.2 Å². The first-order valence-electron chi connectivity index (χ1n) is 4.53. The zero-order valence-electron chi connectivity index (χ0n) is 8.38. The van der Waals surface area contributed by atoms with Gasteiger partial charge in [0.05, 0.1) is 0 Å². The van der Waals surface area contributed by atoms with Crippen LogP contribution in [-0.2, 0) is 0 Å². The van der Waals surface area contributed by atoms with E-state index >= 15 is 0 Å². The lowest BCUT2D eigenvalue weighted by molar-refractivity contribution is 0.678. The maximum Gasteiger partial charge on any atom is 0.0441 e. The molecule has 0 spiro atoms. The van der Waals surface area contributed by atoms with Crippen molar-refractivity contribution in [2.45, 2.75) is 13.0 Å². The second kappa shape index (κ2) is 6.17. The predicted octanol–water partition coefficient (Wildman–Crippen LogP) is 3.01. The molecule has 0 saturated carbocycles. The molecule has 2 N–H and O–H groups in total. The van der Waals surface area contributed by atoms with Crippen molar-refractivity contribution in [3.8, 4) is 0 Å². The Morgan fingerprint density at radius 1 is 1.36 bits per heavy atom. The van der Waals surface area contributed by atoms with E-state index in [-0.39, 0.29) is 0 Å². The summed E-state index contributed by atoms with van der Waals surface area (Å²) in [5.41, 5.74) is 1.09. The first-order valence-corrected chi connectivity index (χ1v) is 5.89. The number of nitrogens with one attached hydrogen (secondary N) is 2. The van der Waals surface area contributed by atoms with Crippen LogP contribution in [0.4, 0.5) is 5.69 Å². The molecule has 0 bridgehead atoms. The van der Waals surface area contributed by atoms with Crippen LogP contribution in [0.5, 0.6) is 0 Å². The SMILES string of the molecule is CN[C@@H](C)CSNc1ccc(Cl)cc1. The molecule has 0 aliphatic carbocycles. The third-order valence-corrected chi connectivity index (χ3v) is 3.16. The second-order valence-corrected chi connectivity index (χ2v) is 4.37. The lowest BCUT2D eigenvalue weighted by Crippen LogP contribution is -2.24. The summed E-state index contributed by atoms with van der Waals surface area (Å²) in [7, 11) is 1.97. The largest absolute Gasteiger partial charge is 0.330 e. The van der Waals surface area contributed by atoms with E-state index in [1.807, 2.05) is 31.3 Å². The number of rotatable bonds is 5. The quantitative estimate of drug-likeness (QED) is 0.761. The fourth-order valence-electron chi connectivity index (χ4n) is 0.851. The van der Waals surface area contributed by atoms with Crippen LogP contribution in [0.1, 0.15) is 6.92 Å². The molecular weight excluding hydrogens is 216 g/mol. The van der Waals surface area contributed by atoms with Gasteiger partial charge in [-0.2, -0.15) is 0 Å². The Labute approximate surface area is 94.6 Å². The van der Waals surface area contributed by atoms with Crippen molar-refractivity contribution in [2.24, 2.45) is 0 Å².